The zero-order chi connectivity index (χ0) is 10.6. The highest BCUT2D eigenvalue weighted by Gasteiger charge is 2.32. The Bertz CT molecular complexity index is 353. The molecule has 14 heavy (non-hydrogen) atoms. The maximum atomic E-state index is 12.3. The van der Waals surface area contributed by atoms with Gasteiger partial charge in [-0.1, -0.05) is 24.3 Å². The number of rotatable bonds is 2. The van der Waals surface area contributed by atoms with Crippen LogP contribution in [-0.2, 0) is 11.0 Å². The van der Waals surface area contributed by atoms with Gasteiger partial charge in [0.25, 0.3) is 0 Å². The zero-order valence-electron chi connectivity index (χ0n) is 7.01. The molecule has 1 aromatic rings. The quantitative estimate of drug-likeness (QED) is 0.669. The Morgan fingerprint density at radius 2 is 1.86 bits per heavy atom. The van der Waals surface area contributed by atoms with Crippen LogP contribution < -0.4 is 0 Å². The van der Waals surface area contributed by atoms with Gasteiger partial charge in [0.15, 0.2) is 0 Å². The Balaban J connectivity index is 3.16. The van der Waals surface area contributed by atoms with Gasteiger partial charge in [0, 0.05) is 0 Å². The van der Waals surface area contributed by atoms with E-state index < -0.39 is 11.7 Å². The third-order valence-corrected chi connectivity index (χ3v) is 1.60. The molecule has 0 aliphatic rings. The van der Waals surface area contributed by atoms with Gasteiger partial charge in [-0.25, -0.2) is 0 Å². The molecule has 0 aliphatic carbocycles. The fourth-order valence-corrected chi connectivity index (χ4v) is 1.02. The smallest absolute Gasteiger partial charge is 0.286 e. The second-order valence-corrected chi connectivity index (χ2v) is 2.54. The summed E-state index contributed by atoms with van der Waals surface area (Å²) >= 11 is 0. The van der Waals surface area contributed by atoms with Crippen LogP contribution in [0, 0.1) is 0 Å². The van der Waals surface area contributed by atoms with E-state index in [0.29, 0.717) is 0 Å². The molecule has 1 nitrogen and oxygen atoms in total. The molecule has 0 amide bonds. The van der Waals surface area contributed by atoms with Gasteiger partial charge in [0.1, 0.15) is 0 Å². The van der Waals surface area contributed by atoms with Crippen LogP contribution in [0.15, 0.2) is 30.3 Å². The van der Waals surface area contributed by atoms with Gasteiger partial charge < -0.3 is 0 Å². The number of alkyl halides is 3. The zero-order valence-corrected chi connectivity index (χ0v) is 7.01. The lowest BCUT2D eigenvalue weighted by Gasteiger charge is -2.09. The molecule has 0 spiro atoms. The van der Waals surface area contributed by atoms with Gasteiger partial charge in [-0.15, -0.1) is 0 Å². The predicted molar refractivity (Wildman–Crippen MR) is 46.2 cm³/mol. The van der Waals surface area contributed by atoms with E-state index in [-0.39, 0.29) is 5.56 Å². The minimum Gasteiger partial charge on any atom is -0.286 e. The summed E-state index contributed by atoms with van der Waals surface area (Å²) in [6, 6.07) is 5.02. The molecular weight excluding hydrogens is 193 g/mol. The maximum Gasteiger partial charge on any atom is 0.416 e. The van der Waals surface area contributed by atoms with Crippen LogP contribution in [0.1, 0.15) is 11.1 Å². The van der Waals surface area contributed by atoms with Crippen LogP contribution >= 0.6 is 0 Å². The van der Waals surface area contributed by atoms with E-state index in [2.05, 4.69) is 0 Å². The number of hydrogen-bond donors (Lipinski definition) is 0. The van der Waals surface area contributed by atoms with E-state index in [1.54, 1.807) is 0 Å². The predicted octanol–water partition coefficient (Wildman–Crippen LogP) is 2.83. The van der Waals surface area contributed by atoms with Crippen molar-refractivity contribution in [2.24, 2.45) is 0 Å². The van der Waals surface area contributed by atoms with E-state index in [4.69, 9.17) is 0 Å². The molecule has 1 radical (unpaired) electrons. The molecule has 0 fully saturated rings. The molecule has 73 valence electrons. The van der Waals surface area contributed by atoms with Crippen molar-refractivity contribution in [3.8, 4) is 0 Å². The van der Waals surface area contributed by atoms with E-state index in [1.807, 2.05) is 0 Å². The summed E-state index contributed by atoms with van der Waals surface area (Å²) < 4.78 is 37.0. The highest BCUT2D eigenvalue weighted by molar-refractivity contribution is 5.75. The summed E-state index contributed by atoms with van der Waals surface area (Å²) in [7, 11) is 0. The van der Waals surface area contributed by atoms with Crippen molar-refractivity contribution in [2.75, 3.05) is 0 Å². The van der Waals surface area contributed by atoms with Gasteiger partial charge in [0.2, 0.25) is 6.29 Å². The lowest BCUT2D eigenvalue weighted by atomic mass is 10.1. The Hall–Kier alpha value is -1.58. The highest BCUT2D eigenvalue weighted by atomic mass is 19.4. The Morgan fingerprint density at radius 3 is 2.43 bits per heavy atom. The molecule has 0 atom stereocenters. The second kappa shape index (κ2) is 4.09. The fourth-order valence-electron chi connectivity index (χ4n) is 1.02. The topological polar surface area (TPSA) is 17.1 Å². The molecule has 0 N–H and O–H groups in total. The van der Waals surface area contributed by atoms with Crippen molar-refractivity contribution in [1.82, 2.24) is 0 Å². The third-order valence-electron chi connectivity index (χ3n) is 1.60. The molecule has 0 unspecified atom stereocenters. The van der Waals surface area contributed by atoms with E-state index in [0.717, 1.165) is 18.2 Å². The van der Waals surface area contributed by atoms with Crippen LogP contribution in [0.3, 0.4) is 0 Å². The Labute approximate surface area is 78.9 Å². The van der Waals surface area contributed by atoms with Crippen LogP contribution in [0.5, 0.6) is 0 Å². The fraction of sp³-hybridized carbons (Fsp3) is 0.100. The summed E-state index contributed by atoms with van der Waals surface area (Å²) in [4.78, 5) is 9.85. The first-order valence-electron chi connectivity index (χ1n) is 3.76. The minimum atomic E-state index is -4.40. The first-order chi connectivity index (χ1) is 6.55. The minimum absolute atomic E-state index is 0.0386. The summed E-state index contributed by atoms with van der Waals surface area (Å²) in [5.41, 5.74) is -0.796. The summed E-state index contributed by atoms with van der Waals surface area (Å²) in [5, 5.41) is 0. The van der Waals surface area contributed by atoms with Gasteiger partial charge in [0.05, 0.1) is 5.56 Å². The molecule has 0 saturated heterocycles. The highest BCUT2D eigenvalue weighted by Crippen LogP contribution is 2.32. The van der Waals surface area contributed by atoms with Crippen LogP contribution in [0.2, 0.25) is 0 Å². The number of carbonyl (C=O) groups excluding carboxylic acids is 1. The molecule has 0 saturated carbocycles. The molecule has 4 heteroatoms. The van der Waals surface area contributed by atoms with Crippen LogP contribution in [0.25, 0.3) is 6.08 Å². The molecule has 0 heterocycles. The SMILES string of the molecule is O=[C]C=Cc1ccccc1C(F)(F)F. The van der Waals surface area contributed by atoms with Gasteiger partial charge in [-0.05, 0) is 17.7 Å². The van der Waals surface area contributed by atoms with E-state index in [9.17, 15) is 18.0 Å². The number of allylic oxidation sites excluding steroid dienone is 1. The van der Waals surface area contributed by atoms with Crippen molar-refractivity contribution >= 4 is 12.4 Å². The summed E-state index contributed by atoms with van der Waals surface area (Å²) in [6.45, 7) is 0. The first kappa shape index (κ1) is 10.5. The van der Waals surface area contributed by atoms with E-state index in [1.165, 1.54) is 24.5 Å². The molecule has 0 aliphatic heterocycles. The average Bonchev–Trinajstić information content (AvgIpc) is 2.14. The third kappa shape index (κ3) is 2.45. The molecule has 1 rings (SSSR count). The monoisotopic (exact) mass is 199 g/mol. The standard InChI is InChI=1S/C10H6F3O/c11-10(12,13)9-6-2-1-4-8(9)5-3-7-14/h1-6H. The van der Waals surface area contributed by atoms with Crippen molar-refractivity contribution in [2.45, 2.75) is 6.18 Å². The number of hydrogen-bond acceptors (Lipinski definition) is 1. The molecule has 0 bridgehead atoms. The molecular formula is C10H6F3O. The van der Waals surface area contributed by atoms with Crippen LogP contribution in [0.4, 0.5) is 13.2 Å². The molecule has 1 aromatic carbocycles. The van der Waals surface area contributed by atoms with Crippen molar-refractivity contribution in [1.29, 1.82) is 0 Å². The van der Waals surface area contributed by atoms with Gasteiger partial charge >= 0.3 is 6.18 Å². The van der Waals surface area contributed by atoms with Crippen molar-refractivity contribution in [3.63, 3.8) is 0 Å². The first-order valence-corrected chi connectivity index (χ1v) is 3.76. The Kier molecular flexibility index (Phi) is 3.06. The second-order valence-electron chi connectivity index (χ2n) is 2.54. The maximum absolute atomic E-state index is 12.3. The largest absolute Gasteiger partial charge is 0.416 e. The lowest BCUT2D eigenvalue weighted by molar-refractivity contribution is -0.137. The average molecular weight is 199 g/mol. The lowest BCUT2D eigenvalue weighted by Crippen LogP contribution is -2.06. The Morgan fingerprint density at radius 1 is 1.21 bits per heavy atom. The number of benzene rings is 1. The van der Waals surface area contributed by atoms with E-state index >= 15 is 0 Å². The van der Waals surface area contributed by atoms with Gasteiger partial charge in [-0.2, -0.15) is 13.2 Å². The summed E-state index contributed by atoms with van der Waals surface area (Å²) in [5.74, 6) is 0. The van der Waals surface area contributed by atoms with Crippen molar-refractivity contribution in [3.05, 3.63) is 41.5 Å². The van der Waals surface area contributed by atoms with Crippen LogP contribution in [-0.4, -0.2) is 6.29 Å². The summed E-state index contributed by atoms with van der Waals surface area (Å²) in [6.07, 6.45) is -1.02. The van der Waals surface area contributed by atoms with Crippen molar-refractivity contribution < 1.29 is 18.0 Å². The normalized spacial score (nSPS) is 11.9. The van der Waals surface area contributed by atoms with Gasteiger partial charge in [-0.3, -0.25) is 4.79 Å². The number of halogens is 3. The molecule has 0 aromatic heterocycles.